The van der Waals surface area contributed by atoms with Crippen LogP contribution in [0.15, 0.2) is 41.0 Å². The first-order valence-corrected chi connectivity index (χ1v) is 5.17. The van der Waals surface area contributed by atoms with Crippen molar-refractivity contribution in [3.8, 4) is 0 Å². The monoisotopic (exact) mass is 232 g/mol. The zero-order valence-corrected chi connectivity index (χ0v) is 9.25. The average Bonchev–Trinajstić information content (AvgIpc) is 2.82. The molecule has 2 heterocycles. The number of furan rings is 1. The number of nitrogens with zero attached hydrogens (tertiary/aromatic N) is 1. The van der Waals surface area contributed by atoms with Crippen molar-refractivity contribution in [3.63, 3.8) is 0 Å². The van der Waals surface area contributed by atoms with Gasteiger partial charge in [-0.15, -0.1) is 0 Å². The van der Waals surface area contributed by atoms with Gasteiger partial charge in [-0.3, -0.25) is 0 Å². The fourth-order valence-electron chi connectivity index (χ4n) is 1.46. The Morgan fingerprint density at radius 1 is 1.41 bits per heavy atom. The lowest BCUT2D eigenvalue weighted by Crippen LogP contribution is -2.09. The van der Waals surface area contributed by atoms with Gasteiger partial charge in [0.15, 0.2) is 5.69 Å². The van der Waals surface area contributed by atoms with Crippen molar-refractivity contribution in [1.29, 1.82) is 0 Å². The van der Waals surface area contributed by atoms with E-state index in [-0.39, 0.29) is 11.7 Å². The summed E-state index contributed by atoms with van der Waals surface area (Å²) < 4.78 is 5.24. The SMILES string of the molecule is CC(Nc1cccc(C(=O)O)n1)c1ccco1. The maximum atomic E-state index is 10.8. The van der Waals surface area contributed by atoms with Gasteiger partial charge in [0.05, 0.1) is 12.3 Å². The van der Waals surface area contributed by atoms with Gasteiger partial charge >= 0.3 is 5.97 Å². The number of hydrogen-bond acceptors (Lipinski definition) is 4. The normalized spacial score (nSPS) is 12.1. The first-order chi connectivity index (χ1) is 8.16. The third kappa shape index (κ3) is 2.63. The fourth-order valence-corrected chi connectivity index (χ4v) is 1.46. The van der Waals surface area contributed by atoms with E-state index in [0.29, 0.717) is 5.82 Å². The molecule has 0 bridgehead atoms. The van der Waals surface area contributed by atoms with Crippen LogP contribution < -0.4 is 5.32 Å². The van der Waals surface area contributed by atoms with E-state index in [2.05, 4.69) is 10.3 Å². The molecule has 0 saturated carbocycles. The Kier molecular flexibility index (Phi) is 3.09. The van der Waals surface area contributed by atoms with Crippen molar-refractivity contribution < 1.29 is 14.3 Å². The third-order valence-electron chi connectivity index (χ3n) is 2.30. The van der Waals surface area contributed by atoms with E-state index in [9.17, 15) is 4.79 Å². The quantitative estimate of drug-likeness (QED) is 0.847. The van der Waals surface area contributed by atoms with Crippen molar-refractivity contribution in [3.05, 3.63) is 48.0 Å². The summed E-state index contributed by atoms with van der Waals surface area (Å²) in [6.45, 7) is 1.91. The topological polar surface area (TPSA) is 75.4 Å². The lowest BCUT2D eigenvalue weighted by molar-refractivity contribution is 0.0690. The van der Waals surface area contributed by atoms with E-state index in [4.69, 9.17) is 9.52 Å². The number of carbonyl (C=O) groups is 1. The van der Waals surface area contributed by atoms with E-state index in [0.717, 1.165) is 5.76 Å². The Morgan fingerprint density at radius 2 is 2.24 bits per heavy atom. The standard InChI is InChI=1S/C12H12N2O3/c1-8(10-5-3-7-17-10)13-11-6-2-4-9(14-11)12(15)16/h2-8H,1H3,(H,13,14)(H,15,16). The summed E-state index contributed by atoms with van der Waals surface area (Å²) in [7, 11) is 0. The van der Waals surface area contributed by atoms with Crippen LogP contribution in [0.3, 0.4) is 0 Å². The average molecular weight is 232 g/mol. The molecule has 5 nitrogen and oxygen atoms in total. The molecule has 1 unspecified atom stereocenters. The summed E-state index contributed by atoms with van der Waals surface area (Å²) in [5, 5.41) is 11.9. The minimum atomic E-state index is -1.04. The maximum absolute atomic E-state index is 10.8. The maximum Gasteiger partial charge on any atom is 0.354 e. The molecule has 2 rings (SSSR count). The second kappa shape index (κ2) is 4.69. The van der Waals surface area contributed by atoms with Crippen LogP contribution in [0.1, 0.15) is 29.2 Å². The molecule has 1 atom stereocenters. The highest BCUT2D eigenvalue weighted by molar-refractivity contribution is 5.85. The molecule has 0 saturated heterocycles. The zero-order valence-electron chi connectivity index (χ0n) is 9.25. The Bertz CT molecular complexity index is 508. The van der Waals surface area contributed by atoms with Crippen LogP contribution >= 0.6 is 0 Å². The second-order valence-electron chi connectivity index (χ2n) is 3.59. The van der Waals surface area contributed by atoms with E-state index in [1.165, 1.54) is 6.07 Å². The van der Waals surface area contributed by atoms with Gasteiger partial charge in [-0.25, -0.2) is 9.78 Å². The largest absolute Gasteiger partial charge is 0.477 e. The number of rotatable bonds is 4. The Morgan fingerprint density at radius 3 is 2.88 bits per heavy atom. The predicted octanol–water partition coefficient (Wildman–Crippen LogP) is 2.55. The van der Waals surface area contributed by atoms with Gasteiger partial charge in [0, 0.05) is 0 Å². The first kappa shape index (κ1) is 11.2. The van der Waals surface area contributed by atoms with Gasteiger partial charge in [-0.2, -0.15) is 0 Å². The number of pyridine rings is 1. The number of hydrogen-bond donors (Lipinski definition) is 2. The van der Waals surface area contributed by atoms with Crippen LogP contribution in [-0.4, -0.2) is 16.1 Å². The number of carboxylic acids is 1. The summed E-state index contributed by atoms with van der Waals surface area (Å²) in [5.74, 6) is 0.237. The van der Waals surface area contributed by atoms with E-state index in [1.807, 2.05) is 13.0 Å². The van der Waals surface area contributed by atoms with E-state index < -0.39 is 5.97 Å². The third-order valence-corrected chi connectivity index (χ3v) is 2.30. The lowest BCUT2D eigenvalue weighted by Gasteiger charge is -2.12. The molecule has 2 aromatic rings. The molecular weight excluding hydrogens is 220 g/mol. The molecule has 2 aromatic heterocycles. The molecule has 2 N–H and O–H groups in total. The Balaban J connectivity index is 2.13. The minimum Gasteiger partial charge on any atom is -0.477 e. The van der Waals surface area contributed by atoms with Crippen LogP contribution in [0, 0.1) is 0 Å². The van der Waals surface area contributed by atoms with E-state index >= 15 is 0 Å². The van der Waals surface area contributed by atoms with Gasteiger partial charge in [-0.1, -0.05) is 6.07 Å². The number of aromatic nitrogens is 1. The van der Waals surface area contributed by atoms with Gasteiger partial charge < -0.3 is 14.8 Å². The number of carboxylic acid groups (broad SMARTS) is 1. The number of anilines is 1. The molecule has 0 fully saturated rings. The van der Waals surface area contributed by atoms with Crippen LogP contribution in [0.5, 0.6) is 0 Å². The molecular formula is C12H12N2O3. The highest BCUT2D eigenvalue weighted by atomic mass is 16.4. The molecule has 0 aliphatic carbocycles. The Hall–Kier alpha value is -2.30. The summed E-state index contributed by atoms with van der Waals surface area (Å²) in [5.41, 5.74) is 0.0154. The van der Waals surface area contributed by atoms with Crippen LogP contribution in [0.4, 0.5) is 5.82 Å². The molecule has 0 aliphatic rings. The minimum absolute atomic E-state index is 0.0154. The summed E-state index contributed by atoms with van der Waals surface area (Å²) >= 11 is 0. The van der Waals surface area contributed by atoms with Gasteiger partial charge in [0.25, 0.3) is 0 Å². The molecule has 88 valence electrons. The second-order valence-corrected chi connectivity index (χ2v) is 3.59. The van der Waals surface area contributed by atoms with Crippen molar-refractivity contribution >= 4 is 11.8 Å². The predicted molar refractivity (Wildman–Crippen MR) is 61.9 cm³/mol. The smallest absolute Gasteiger partial charge is 0.354 e. The van der Waals surface area contributed by atoms with Crippen molar-refractivity contribution in [2.45, 2.75) is 13.0 Å². The van der Waals surface area contributed by atoms with Gasteiger partial charge in [0.2, 0.25) is 0 Å². The number of aromatic carboxylic acids is 1. The Labute approximate surface area is 98.1 Å². The fraction of sp³-hybridized carbons (Fsp3) is 0.167. The molecule has 5 heteroatoms. The van der Waals surface area contributed by atoms with Crippen LogP contribution in [0.2, 0.25) is 0 Å². The first-order valence-electron chi connectivity index (χ1n) is 5.17. The molecule has 0 aromatic carbocycles. The molecule has 17 heavy (non-hydrogen) atoms. The summed E-state index contributed by atoms with van der Waals surface area (Å²) in [6.07, 6.45) is 1.59. The zero-order chi connectivity index (χ0) is 12.3. The van der Waals surface area contributed by atoms with Gasteiger partial charge in [0.1, 0.15) is 11.6 Å². The van der Waals surface area contributed by atoms with E-state index in [1.54, 1.807) is 24.5 Å². The van der Waals surface area contributed by atoms with Crippen molar-refractivity contribution in [2.75, 3.05) is 5.32 Å². The molecule has 0 radical (unpaired) electrons. The number of nitrogens with one attached hydrogen (secondary N) is 1. The van der Waals surface area contributed by atoms with Crippen molar-refractivity contribution in [2.24, 2.45) is 0 Å². The molecule has 0 spiro atoms. The van der Waals surface area contributed by atoms with Crippen LogP contribution in [0.25, 0.3) is 0 Å². The molecule has 0 aliphatic heterocycles. The van der Waals surface area contributed by atoms with Crippen molar-refractivity contribution in [1.82, 2.24) is 4.98 Å². The van der Waals surface area contributed by atoms with Crippen LogP contribution in [-0.2, 0) is 0 Å². The molecule has 0 amide bonds. The summed E-state index contributed by atoms with van der Waals surface area (Å²) in [4.78, 5) is 14.7. The summed E-state index contributed by atoms with van der Waals surface area (Å²) in [6, 6.07) is 8.39. The highest BCUT2D eigenvalue weighted by Crippen LogP contribution is 2.18. The lowest BCUT2D eigenvalue weighted by atomic mass is 10.2. The van der Waals surface area contributed by atoms with Gasteiger partial charge in [-0.05, 0) is 31.2 Å². The highest BCUT2D eigenvalue weighted by Gasteiger charge is 2.10.